The quantitative estimate of drug-likeness (QED) is 0.234. The molecule has 14 nitrogen and oxygen atoms in total. The molecule has 4 rings (SSSR count). The van der Waals surface area contributed by atoms with Crippen LogP contribution in [-0.2, 0) is 39.9 Å². The number of nitrogens with zero attached hydrogens (tertiary/aromatic N) is 1. The van der Waals surface area contributed by atoms with E-state index >= 15 is 0 Å². The van der Waals surface area contributed by atoms with E-state index < -0.39 is 72.0 Å². The van der Waals surface area contributed by atoms with E-state index in [0.717, 1.165) is 12.0 Å². The lowest BCUT2D eigenvalue weighted by atomic mass is 10.0. The highest BCUT2D eigenvalue weighted by atomic mass is 16.5. The second kappa shape index (κ2) is 17.2. The second-order valence-corrected chi connectivity index (χ2v) is 12.5. The standard InChI is InChI=1S/C33H48N6O8/c1-3-22-28(41)38-27(20(2)40)32(45)37-24(19-21-11-5-4-6-12-21)33(46)39-17-9-14-25(39)30(43)34-16-8-7-13-23(29(42)35-22)36-31(44)26-15-10-18-47-26/h4-6,11-12,20,22-27,40H,3,7-10,13-19H2,1-2H3,(H,34,43)(H,35,42)(H,36,44)(H,37,45)(H,38,41)/t20-,22+,23+,24-,25+,26-,27+/m1/s1. The number of benzene rings is 1. The van der Waals surface area contributed by atoms with Gasteiger partial charge in [0.1, 0.15) is 36.3 Å². The summed E-state index contributed by atoms with van der Waals surface area (Å²) < 4.78 is 5.47. The molecular weight excluding hydrogens is 608 g/mol. The molecule has 7 atom stereocenters. The van der Waals surface area contributed by atoms with Crippen LogP contribution < -0.4 is 26.6 Å². The summed E-state index contributed by atoms with van der Waals surface area (Å²) >= 11 is 0. The first-order valence-electron chi connectivity index (χ1n) is 16.7. The number of carbonyl (C=O) groups is 6. The number of ether oxygens (including phenoxy) is 1. The van der Waals surface area contributed by atoms with Crippen molar-refractivity contribution >= 4 is 35.4 Å². The molecule has 3 heterocycles. The van der Waals surface area contributed by atoms with E-state index in [1.165, 1.54) is 11.8 Å². The number of hydrogen-bond donors (Lipinski definition) is 6. The van der Waals surface area contributed by atoms with Crippen molar-refractivity contribution in [3.8, 4) is 0 Å². The molecule has 3 fully saturated rings. The molecule has 0 unspecified atom stereocenters. The van der Waals surface area contributed by atoms with E-state index in [4.69, 9.17) is 4.74 Å². The number of rotatable bonds is 6. The van der Waals surface area contributed by atoms with E-state index in [9.17, 15) is 33.9 Å². The van der Waals surface area contributed by atoms with E-state index in [1.54, 1.807) is 6.92 Å². The summed E-state index contributed by atoms with van der Waals surface area (Å²) in [7, 11) is 0. The van der Waals surface area contributed by atoms with E-state index in [0.29, 0.717) is 51.8 Å². The number of amides is 6. The highest BCUT2D eigenvalue weighted by Gasteiger charge is 2.39. The van der Waals surface area contributed by atoms with Crippen LogP contribution in [0.1, 0.15) is 70.8 Å². The van der Waals surface area contributed by atoms with Crippen LogP contribution in [0.5, 0.6) is 0 Å². The van der Waals surface area contributed by atoms with Gasteiger partial charge in [-0.2, -0.15) is 0 Å². The SMILES string of the molecule is CC[C@@H]1NC(=O)[C@@H](NC(=O)[C@H]2CCCO2)CCCCNC(=O)[C@@H]2CCCN2C(=O)[C@@H](Cc2ccccc2)NC(=O)[C@H]([C@@H](C)O)NC1=O. The van der Waals surface area contributed by atoms with Crippen molar-refractivity contribution in [1.29, 1.82) is 0 Å². The van der Waals surface area contributed by atoms with Gasteiger partial charge in [-0.05, 0) is 63.9 Å². The molecule has 0 radical (unpaired) electrons. The number of aliphatic hydroxyl groups excluding tert-OH is 1. The van der Waals surface area contributed by atoms with Gasteiger partial charge in [-0.25, -0.2) is 0 Å². The lowest BCUT2D eigenvalue weighted by Crippen LogP contribution is -2.61. The van der Waals surface area contributed by atoms with Gasteiger partial charge in [-0.15, -0.1) is 0 Å². The highest BCUT2D eigenvalue weighted by molar-refractivity contribution is 5.97. The lowest BCUT2D eigenvalue weighted by Gasteiger charge is -2.30. The number of nitrogens with one attached hydrogen (secondary N) is 5. The van der Waals surface area contributed by atoms with E-state index in [1.807, 2.05) is 30.3 Å². The van der Waals surface area contributed by atoms with Crippen molar-refractivity contribution in [3.63, 3.8) is 0 Å². The average Bonchev–Trinajstić information content (AvgIpc) is 3.78. The van der Waals surface area contributed by atoms with Crippen molar-refractivity contribution in [2.45, 2.75) is 114 Å². The average molecular weight is 657 g/mol. The topological polar surface area (TPSA) is 195 Å². The van der Waals surface area contributed by atoms with Crippen LogP contribution in [0.25, 0.3) is 0 Å². The first kappa shape index (κ1) is 35.8. The first-order chi connectivity index (χ1) is 22.6. The van der Waals surface area contributed by atoms with E-state index in [2.05, 4.69) is 26.6 Å². The minimum atomic E-state index is -1.45. The third-order valence-electron chi connectivity index (χ3n) is 8.91. The Kier molecular flexibility index (Phi) is 13.1. The summed E-state index contributed by atoms with van der Waals surface area (Å²) in [6, 6.07) is 3.81. The van der Waals surface area contributed by atoms with Gasteiger partial charge in [-0.3, -0.25) is 28.8 Å². The molecular formula is C33H48N6O8. The largest absolute Gasteiger partial charge is 0.391 e. The van der Waals surface area contributed by atoms with Crippen LogP contribution in [0.3, 0.4) is 0 Å². The van der Waals surface area contributed by atoms with Crippen molar-refractivity contribution in [2.24, 2.45) is 0 Å². The second-order valence-electron chi connectivity index (χ2n) is 12.5. The van der Waals surface area contributed by atoms with Gasteiger partial charge in [0.05, 0.1) is 6.10 Å². The van der Waals surface area contributed by atoms with Gasteiger partial charge in [0.25, 0.3) is 0 Å². The smallest absolute Gasteiger partial charge is 0.249 e. The van der Waals surface area contributed by atoms with Gasteiger partial charge < -0.3 is 41.3 Å². The van der Waals surface area contributed by atoms with E-state index in [-0.39, 0.29) is 25.2 Å². The number of fused-ring (bicyclic) bond motifs is 1. The van der Waals surface area contributed by atoms with Crippen LogP contribution in [-0.4, -0.2) is 108 Å². The Morgan fingerprint density at radius 2 is 1.66 bits per heavy atom. The summed E-state index contributed by atoms with van der Waals surface area (Å²) in [4.78, 5) is 82.0. The van der Waals surface area contributed by atoms with Crippen molar-refractivity contribution in [3.05, 3.63) is 35.9 Å². The Bertz CT molecular complexity index is 1270. The minimum Gasteiger partial charge on any atom is -0.391 e. The summed E-state index contributed by atoms with van der Waals surface area (Å²) in [6.07, 6.45) is 1.87. The molecule has 0 saturated carbocycles. The molecule has 258 valence electrons. The maximum atomic E-state index is 13.9. The molecule has 6 amide bonds. The monoisotopic (exact) mass is 656 g/mol. The van der Waals surface area contributed by atoms with Crippen LogP contribution >= 0.6 is 0 Å². The number of carbonyl (C=O) groups excluding carboxylic acids is 6. The molecule has 6 N–H and O–H groups in total. The summed E-state index contributed by atoms with van der Waals surface area (Å²) in [6.45, 7) is 4.12. The Morgan fingerprint density at radius 1 is 0.915 bits per heavy atom. The van der Waals surface area contributed by atoms with Crippen molar-refractivity contribution < 1.29 is 38.6 Å². The van der Waals surface area contributed by atoms with Crippen LogP contribution in [0.4, 0.5) is 0 Å². The molecule has 0 spiro atoms. The van der Waals surface area contributed by atoms with Crippen molar-refractivity contribution in [2.75, 3.05) is 19.7 Å². The highest BCUT2D eigenvalue weighted by Crippen LogP contribution is 2.20. The Balaban J connectivity index is 1.59. The van der Waals surface area contributed by atoms with Gasteiger partial charge in [0.15, 0.2) is 0 Å². The predicted molar refractivity (Wildman–Crippen MR) is 170 cm³/mol. The maximum Gasteiger partial charge on any atom is 0.249 e. The molecule has 3 saturated heterocycles. The predicted octanol–water partition coefficient (Wildman–Crippen LogP) is -0.571. The molecule has 3 aliphatic heterocycles. The normalized spacial score (nSPS) is 29.3. The molecule has 1 aromatic carbocycles. The number of hydrogen-bond acceptors (Lipinski definition) is 8. The minimum absolute atomic E-state index is 0.128. The Morgan fingerprint density at radius 3 is 2.34 bits per heavy atom. The molecule has 0 aliphatic carbocycles. The first-order valence-corrected chi connectivity index (χ1v) is 16.7. The molecule has 1 aromatic rings. The third-order valence-corrected chi connectivity index (χ3v) is 8.91. The summed E-state index contributed by atoms with van der Waals surface area (Å²) in [5.74, 6) is -3.22. The maximum absolute atomic E-state index is 13.9. The molecule has 47 heavy (non-hydrogen) atoms. The van der Waals surface area contributed by atoms with Gasteiger partial charge in [0.2, 0.25) is 35.4 Å². The zero-order chi connectivity index (χ0) is 33.9. The lowest BCUT2D eigenvalue weighted by molar-refractivity contribution is -0.142. The zero-order valence-electron chi connectivity index (χ0n) is 27.2. The molecule has 0 aromatic heterocycles. The third kappa shape index (κ3) is 9.74. The van der Waals surface area contributed by atoms with Crippen LogP contribution in [0.15, 0.2) is 30.3 Å². The molecule has 0 bridgehead atoms. The van der Waals surface area contributed by atoms with Crippen molar-refractivity contribution in [1.82, 2.24) is 31.5 Å². The molecule has 3 aliphatic rings. The van der Waals surface area contributed by atoms with Gasteiger partial charge >= 0.3 is 0 Å². The molecule has 14 heteroatoms. The fourth-order valence-electron chi connectivity index (χ4n) is 6.22. The fraction of sp³-hybridized carbons (Fsp3) is 0.636. The van der Waals surface area contributed by atoms with Crippen LogP contribution in [0.2, 0.25) is 0 Å². The Labute approximate surface area is 275 Å². The Hall–Kier alpha value is -4.04. The van der Waals surface area contributed by atoms with Gasteiger partial charge in [0, 0.05) is 26.1 Å². The zero-order valence-corrected chi connectivity index (χ0v) is 27.2. The van der Waals surface area contributed by atoms with Gasteiger partial charge in [-0.1, -0.05) is 37.3 Å². The fourth-order valence-corrected chi connectivity index (χ4v) is 6.22. The van der Waals surface area contributed by atoms with Crippen LogP contribution in [0, 0.1) is 0 Å². The summed E-state index contributed by atoms with van der Waals surface area (Å²) in [5.41, 5.74) is 0.775. The summed E-state index contributed by atoms with van der Waals surface area (Å²) in [5, 5.41) is 24.2. The number of aliphatic hydroxyl groups is 1.